The molecule has 0 aliphatic heterocycles. The minimum atomic E-state index is -4.84. The molecule has 0 saturated carbocycles. The summed E-state index contributed by atoms with van der Waals surface area (Å²) in [6.45, 7) is 6.17. The van der Waals surface area contributed by atoms with Crippen molar-refractivity contribution in [3.05, 3.63) is 40.2 Å². The van der Waals surface area contributed by atoms with Crippen molar-refractivity contribution in [2.45, 2.75) is 83.3 Å². The second kappa shape index (κ2) is 16.5. The highest BCUT2D eigenvalue weighted by Crippen LogP contribution is 2.34. The third-order valence-corrected chi connectivity index (χ3v) is 6.33. The summed E-state index contributed by atoms with van der Waals surface area (Å²) in [5.41, 5.74) is 12.0. The van der Waals surface area contributed by atoms with Crippen molar-refractivity contribution in [1.82, 2.24) is 16.0 Å². The molecule has 0 fully saturated rings. The molecule has 16 nitrogen and oxygen atoms in total. The molecule has 0 bridgehead atoms. The van der Waals surface area contributed by atoms with Crippen LogP contribution in [0.1, 0.15) is 58.9 Å². The predicted molar refractivity (Wildman–Crippen MR) is 167 cm³/mol. The molecule has 0 radical (unpaired) electrons. The number of ether oxygens (including phenoxy) is 1. The molecule has 264 valence electrons. The average Bonchev–Trinajstić information content (AvgIpc) is 2.94. The number of anilines is 1. The SMILES string of the molecule is CC(NC(=O)C(CCC(N)=O)NC(=O)OC(C)(C)C)C(=O)NC(CCCN=C(N)N)C(=O)Nc1ccc2c(C(F)(F)F)cc(=O)oc2c1. The summed E-state index contributed by atoms with van der Waals surface area (Å²) < 4.78 is 50.3. The maximum atomic E-state index is 13.4. The van der Waals surface area contributed by atoms with E-state index in [1.54, 1.807) is 20.8 Å². The topological polar surface area (TPSA) is 263 Å². The number of fused-ring (bicyclic) bond motifs is 1. The molecule has 0 aliphatic carbocycles. The molecule has 1 heterocycles. The molecular weight excluding hydrogens is 645 g/mol. The number of amides is 5. The Morgan fingerprint density at radius 3 is 2.15 bits per heavy atom. The molecule has 19 heteroatoms. The van der Waals surface area contributed by atoms with E-state index in [0.29, 0.717) is 6.07 Å². The third-order valence-electron chi connectivity index (χ3n) is 6.33. The number of nitrogens with one attached hydrogen (secondary N) is 4. The Morgan fingerprint density at radius 1 is 0.917 bits per heavy atom. The highest BCUT2D eigenvalue weighted by Gasteiger charge is 2.34. The van der Waals surface area contributed by atoms with E-state index in [1.807, 2.05) is 0 Å². The molecule has 10 N–H and O–H groups in total. The quantitative estimate of drug-likeness (QED) is 0.0641. The van der Waals surface area contributed by atoms with Gasteiger partial charge in [0.05, 0.1) is 5.56 Å². The van der Waals surface area contributed by atoms with Crippen LogP contribution < -0.4 is 44.1 Å². The first-order chi connectivity index (χ1) is 22.2. The lowest BCUT2D eigenvalue weighted by atomic mass is 10.1. The van der Waals surface area contributed by atoms with Crippen LogP contribution in [-0.4, -0.2) is 66.0 Å². The van der Waals surface area contributed by atoms with E-state index in [2.05, 4.69) is 26.3 Å². The summed E-state index contributed by atoms with van der Waals surface area (Å²) in [5, 5.41) is 9.25. The van der Waals surface area contributed by atoms with Gasteiger partial charge in [0.25, 0.3) is 0 Å². The van der Waals surface area contributed by atoms with Crippen molar-refractivity contribution in [3.63, 3.8) is 0 Å². The zero-order valence-electron chi connectivity index (χ0n) is 26.7. The molecule has 0 spiro atoms. The van der Waals surface area contributed by atoms with E-state index in [4.69, 9.17) is 26.4 Å². The smallest absolute Gasteiger partial charge is 0.417 e. The number of aliphatic imine (C=N–C) groups is 1. The van der Waals surface area contributed by atoms with Gasteiger partial charge < -0.3 is 47.6 Å². The Kier molecular flexibility index (Phi) is 13.3. The summed E-state index contributed by atoms with van der Waals surface area (Å²) in [4.78, 5) is 78.5. The third kappa shape index (κ3) is 12.8. The van der Waals surface area contributed by atoms with Gasteiger partial charge >= 0.3 is 17.9 Å². The van der Waals surface area contributed by atoms with Crippen molar-refractivity contribution in [2.75, 3.05) is 11.9 Å². The second-order valence-corrected chi connectivity index (χ2v) is 11.6. The van der Waals surface area contributed by atoms with Crippen LogP contribution in [0.5, 0.6) is 0 Å². The number of hydrogen-bond donors (Lipinski definition) is 7. The summed E-state index contributed by atoms with van der Waals surface area (Å²) in [6, 6.07) is -0.364. The van der Waals surface area contributed by atoms with E-state index in [1.165, 1.54) is 6.92 Å². The molecule has 0 saturated heterocycles. The number of alkyl halides is 3. The number of benzene rings is 1. The van der Waals surface area contributed by atoms with E-state index >= 15 is 0 Å². The van der Waals surface area contributed by atoms with Gasteiger partial charge in [-0.3, -0.25) is 24.2 Å². The van der Waals surface area contributed by atoms with Crippen LogP contribution in [0.4, 0.5) is 23.7 Å². The maximum Gasteiger partial charge on any atom is 0.417 e. The van der Waals surface area contributed by atoms with Crippen molar-refractivity contribution in [1.29, 1.82) is 0 Å². The number of carbonyl (C=O) groups is 5. The monoisotopic (exact) mass is 684 g/mol. The Labute approximate surface area is 272 Å². The first-order valence-corrected chi connectivity index (χ1v) is 14.6. The van der Waals surface area contributed by atoms with Crippen molar-refractivity contribution >= 4 is 52.3 Å². The Hall–Kier alpha value is -5.36. The summed E-state index contributed by atoms with van der Waals surface area (Å²) in [7, 11) is 0. The van der Waals surface area contributed by atoms with Crippen LogP contribution in [0.3, 0.4) is 0 Å². The van der Waals surface area contributed by atoms with Gasteiger partial charge in [0, 0.05) is 36.2 Å². The fourth-order valence-electron chi connectivity index (χ4n) is 4.16. The predicted octanol–water partition coefficient (Wildman–Crippen LogP) is 0.952. The first-order valence-electron chi connectivity index (χ1n) is 14.6. The Bertz CT molecular complexity index is 1600. The average molecular weight is 685 g/mol. The summed E-state index contributed by atoms with van der Waals surface area (Å²) >= 11 is 0. The molecule has 0 aliphatic rings. The van der Waals surface area contributed by atoms with Crippen LogP contribution in [0, 0.1) is 0 Å². The Balaban J connectivity index is 2.23. The number of hydrogen-bond acceptors (Lipinski definition) is 9. The minimum Gasteiger partial charge on any atom is -0.444 e. The molecular formula is C29H39F3N8O8. The van der Waals surface area contributed by atoms with Crippen LogP contribution >= 0.6 is 0 Å². The van der Waals surface area contributed by atoms with E-state index in [-0.39, 0.29) is 43.9 Å². The number of alkyl carbamates (subject to hydrolysis) is 1. The molecule has 5 amide bonds. The molecule has 3 atom stereocenters. The van der Waals surface area contributed by atoms with Crippen LogP contribution in [-0.2, 0) is 30.1 Å². The highest BCUT2D eigenvalue weighted by molar-refractivity contribution is 6.00. The maximum absolute atomic E-state index is 13.4. The normalized spacial score (nSPS) is 13.4. The van der Waals surface area contributed by atoms with Gasteiger partial charge in [-0.1, -0.05) is 0 Å². The van der Waals surface area contributed by atoms with Crippen molar-refractivity contribution in [3.8, 4) is 0 Å². The second-order valence-electron chi connectivity index (χ2n) is 11.6. The number of primary amides is 1. The fraction of sp³-hybridized carbons (Fsp3) is 0.483. The first kappa shape index (κ1) is 38.8. The Morgan fingerprint density at radius 2 is 1.56 bits per heavy atom. The number of rotatable bonds is 14. The lowest BCUT2D eigenvalue weighted by Gasteiger charge is -2.25. The van der Waals surface area contributed by atoms with Gasteiger partial charge in [-0.25, -0.2) is 9.59 Å². The summed E-state index contributed by atoms with van der Waals surface area (Å²) in [5.74, 6) is -3.46. The van der Waals surface area contributed by atoms with Gasteiger partial charge in [0.15, 0.2) is 5.96 Å². The minimum absolute atomic E-state index is 0.0304. The van der Waals surface area contributed by atoms with E-state index < -0.39 is 81.8 Å². The molecule has 3 unspecified atom stereocenters. The number of halogens is 3. The largest absolute Gasteiger partial charge is 0.444 e. The van der Waals surface area contributed by atoms with Crippen molar-refractivity contribution < 1.29 is 46.3 Å². The number of guanidine groups is 1. The van der Waals surface area contributed by atoms with Crippen molar-refractivity contribution in [2.24, 2.45) is 22.2 Å². The zero-order valence-corrected chi connectivity index (χ0v) is 26.7. The molecule has 1 aromatic heterocycles. The lowest BCUT2D eigenvalue weighted by molar-refractivity contribution is -0.136. The molecule has 48 heavy (non-hydrogen) atoms. The summed E-state index contributed by atoms with van der Waals surface area (Å²) in [6.07, 6.45) is -6.12. The molecule has 2 rings (SSSR count). The number of nitrogens with zero attached hydrogens (tertiary/aromatic N) is 1. The molecule has 1 aromatic carbocycles. The fourth-order valence-corrected chi connectivity index (χ4v) is 4.16. The number of carbonyl (C=O) groups excluding carboxylic acids is 5. The van der Waals surface area contributed by atoms with Gasteiger partial charge in [-0.2, -0.15) is 13.2 Å². The van der Waals surface area contributed by atoms with E-state index in [9.17, 15) is 41.9 Å². The van der Waals surface area contributed by atoms with Gasteiger partial charge in [-0.15, -0.1) is 0 Å². The number of nitrogens with two attached hydrogens (primary N) is 3. The van der Waals surface area contributed by atoms with E-state index in [0.717, 1.165) is 18.2 Å². The van der Waals surface area contributed by atoms with Crippen LogP contribution in [0.15, 0.2) is 38.5 Å². The molecule has 2 aromatic rings. The van der Waals surface area contributed by atoms with Gasteiger partial charge in [0.2, 0.25) is 23.6 Å². The van der Waals surface area contributed by atoms with Gasteiger partial charge in [-0.05, 0) is 59.1 Å². The zero-order chi connectivity index (χ0) is 36.4. The van der Waals surface area contributed by atoms with Crippen LogP contribution in [0.2, 0.25) is 0 Å². The van der Waals surface area contributed by atoms with Crippen LogP contribution in [0.25, 0.3) is 11.0 Å². The highest BCUT2D eigenvalue weighted by atomic mass is 19.4. The van der Waals surface area contributed by atoms with Gasteiger partial charge in [0.1, 0.15) is 29.3 Å². The lowest BCUT2D eigenvalue weighted by Crippen LogP contribution is -2.55. The standard InChI is InChI=1S/C29H39F3N8O8/c1-14(37-24(44)19(9-10-21(33)41)40-27(46)48-28(2,3)4)23(43)39-18(6-5-11-36-26(34)35)25(45)38-15-7-8-16-17(29(30,31)32)13-22(42)47-20(16)12-15/h7-8,12-14,18-19H,5-6,9-11H2,1-4H3,(H2,33,41)(H,37,44)(H,38,45)(H,39,43)(H,40,46)(H4,34,35,36).